The molecule has 1 amide bonds. The quantitative estimate of drug-likeness (QED) is 0.669. The minimum Gasteiger partial charge on any atom is -0.492 e. The van der Waals surface area contributed by atoms with Gasteiger partial charge < -0.3 is 15.0 Å². The first-order valence-electron chi connectivity index (χ1n) is 8.71. The Balaban J connectivity index is 1.71. The van der Waals surface area contributed by atoms with Gasteiger partial charge in [0.25, 0.3) is 0 Å². The number of halogens is 1. The molecular formula is C21H22ClN3O2. The highest BCUT2D eigenvalue weighted by atomic mass is 35.5. The fraction of sp³-hybridized carbons (Fsp3) is 0.238. The number of rotatable bonds is 7. The Morgan fingerprint density at radius 2 is 2.04 bits per heavy atom. The second kappa shape index (κ2) is 8.84. The summed E-state index contributed by atoms with van der Waals surface area (Å²) < 4.78 is 5.77. The summed E-state index contributed by atoms with van der Waals surface area (Å²) in [6.07, 6.45) is 3.67. The Morgan fingerprint density at radius 3 is 2.81 bits per heavy atom. The smallest absolute Gasteiger partial charge is 0.228 e. The maximum absolute atomic E-state index is 12.4. The monoisotopic (exact) mass is 383 g/mol. The summed E-state index contributed by atoms with van der Waals surface area (Å²) in [5, 5.41) is 5.39. The fourth-order valence-corrected chi connectivity index (χ4v) is 2.93. The Bertz CT molecular complexity index is 944. The van der Waals surface area contributed by atoms with Crippen molar-refractivity contribution in [2.75, 3.05) is 32.6 Å². The molecule has 1 N–H and O–H groups in total. The summed E-state index contributed by atoms with van der Waals surface area (Å²) in [6.45, 7) is 1.46. The number of nitrogens with zero attached hydrogens (tertiary/aromatic N) is 2. The number of ether oxygens (including phenoxy) is 1. The first kappa shape index (κ1) is 19.1. The fourth-order valence-electron chi connectivity index (χ4n) is 2.72. The summed E-state index contributed by atoms with van der Waals surface area (Å²) in [5.74, 6) is 0.673. The molecule has 0 atom stereocenters. The van der Waals surface area contributed by atoms with Gasteiger partial charge in [0.1, 0.15) is 12.4 Å². The number of carbonyl (C=O) groups is 1. The van der Waals surface area contributed by atoms with Crippen LogP contribution in [0.3, 0.4) is 0 Å². The molecule has 3 aromatic rings. The second-order valence-corrected chi connectivity index (χ2v) is 7.01. The van der Waals surface area contributed by atoms with Gasteiger partial charge in [0, 0.05) is 28.5 Å². The number of fused-ring (bicyclic) bond motifs is 1. The van der Waals surface area contributed by atoms with E-state index in [1.54, 1.807) is 24.5 Å². The summed E-state index contributed by atoms with van der Waals surface area (Å²) >= 11 is 5.98. The minimum atomic E-state index is -0.113. The van der Waals surface area contributed by atoms with Crippen molar-refractivity contribution in [3.05, 3.63) is 65.4 Å². The van der Waals surface area contributed by atoms with Crippen molar-refractivity contribution in [1.29, 1.82) is 0 Å². The number of amides is 1. The molecule has 27 heavy (non-hydrogen) atoms. The zero-order chi connectivity index (χ0) is 19.2. The molecule has 0 fully saturated rings. The van der Waals surface area contributed by atoms with Gasteiger partial charge >= 0.3 is 0 Å². The Morgan fingerprint density at radius 1 is 1.19 bits per heavy atom. The molecule has 5 nitrogen and oxygen atoms in total. The van der Waals surface area contributed by atoms with Gasteiger partial charge in [-0.05, 0) is 50.0 Å². The molecule has 0 radical (unpaired) electrons. The Hall–Kier alpha value is -2.63. The van der Waals surface area contributed by atoms with Crippen LogP contribution in [0.4, 0.5) is 5.69 Å². The maximum atomic E-state index is 12.4. The molecule has 3 rings (SSSR count). The van der Waals surface area contributed by atoms with Gasteiger partial charge in [0.05, 0.1) is 18.3 Å². The lowest BCUT2D eigenvalue weighted by Gasteiger charge is -2.12. The predicted octanol–water partition coefficient (Wildman–Crippen LogP) is 4.01. The van der Waals surface area contributed by atoms with E-state index in [0.717, 1.165) is 28.6 Å². The van der Waals surface area contributed by atoms with Crippen LogP contribution in [0.1, 0.15) is 5.56 Å². The molecule has 140 valence electrons. The highest BCUT2D eigenvalue weighted by Crippen LogP contribution is 2.26. The molecule has 0 aliphatic rings. The molecule has 2 aromatic carbocycles. The summed E-state index contributed by atoms with van der Waals surface area (Å²) in [5.41, 5.74) is 1.55. The van der Waals surface area contributed by atoms with Gasteiger partial charge in [-0.1, -0.05) is 23.7 Å². The third-order valence-corrected chi connectivity index (χ3v) is 4.30. The van der Waals surface area contributed by atoms with E-state index in [9.17, 15) is 4.79 Å². The molecule has 1 heterocycles. The largest absolute Gasteiger partial charge is 0.492 e. The molecule has 6 heteroatoms. The predicted molar refractivity (Wildman–Crippen MR) is 110 cm³/mol. The van der Waals surface area contributed by atoms with E-state index in [2.05, 4.69) is 15.2 Å². The van der Waals surface area contributed by atoms with Gasteiger partial charge in [-0.2, -0.15) is 0 Å². The molecule has 1 aromatic heterocycles. The molecular weight excluding hydrogens is 362 g/mol. The number of pyridine rings is 1. The van der Waals surface area contributed by atoms with Crippen molar-refractivity contribution in [3.8, 4) is 5.75 Å². The zero-order valence-electron chi connectivity index (χ0n) is 15.4. The second-order valence-electron chi connectivity index (χ2n) is 6.58. The number of carbonyl (C=O) groups excluding carboxylic acids is 1. The summed E-state index contributed by atoms with van der Waals surface area (Å²) in [6, 6.07) is 13.1. The number of anilines is 1. The lowest BCUT2D eigenvalue weighted by atomic mass is 10.1. The molecule has 0 saturated carbocycles. The molecule has 0 aliphatic heterocycles. The molecule has 0 saturated heterocycles. The van der Waals surface area contributed by atoms with Crippen LogP contribution in [0.15, 0.2) is 54.9 Å². The average Bonchev–Trinajstić information content (AvgIpc) is 2.61. The van der Waals surface area contributed by atoms with Gasteiger partial charge in [0.2, 0.25) is 5.91 Å². The van der Waals surface area contributed by atoms with Crippen LogP contribution in [0.25, 0.3) is 10.8 Å². The highest BCUT2D eigenvalue weighted by molar-refractivity contribution is 6.30. The van der Waals surface area contributed by atoms with Crippen molar-refractivity contribution in [3.63, 3.8) is 0 Å². The molecule has 0 bridgehead atoms. The lowest BCUT2D eigenvalue weighted by molar-refractivity contribution is -0.115. The standard InChI is InChI=1S/C21H22ClN3O2/c1-25(2)8-9-27-18-6-7-19-16(12-18)13-23-14-20(19)24-21(26)11-15-4-3-5-17(22)10-15/h3-7,10,12-14H,8-9,11H2,1-2H3,(H,24,26). The average molecular weight is 384 g/mol. The van der Waals surface area contributed by atoms with Crippen molar-refractivity contribution >= 4 is 34.0 Å². The van der Waals surface area contributed by atoms with Crippen LogP contribution in [-0.2, 0) is 11.2 Å². The van der Waals surface area contributed by atoms with Crippen molar-refractivity contribution in [1.82, 2.24) is 9.88 Å². The Labute approximate surface area is 163 Å². The van der Waals surface area contributed by atoms with E-state index >= 15 is 0 Å². The summed E-state index contributed by atoms with van der Waals surface area (Å²) in [4.78, 5) is 18.7. The van der Waals surface area contributed by atoms with E-state index in [0.29, 0.717) is 17.3 Å². The van der Waals surface area contributed by atoms with Crippen molar-refractivity contribution < 1.29 is 9.53 Å². The van der Waals surface area contributed by atoms with E-state index in [4.69, 9.17) is 16.3 Å². The maximum Gasteiger partial charge on any atom is 0.228 e. The van der Waals surface area contributed by atoms with Gasteiger partial charge in [-0.3, -0.25) is 9.78 Å². The van der Waals surface area contributed by atoms with Gasteiger partial charge in [0.15, 0.2) is 0 Å². The number of aromatic nitrogens is 1. The van der Waals surface area contributed by atoms with Gasteiger partial charge in [-0.15, -0.1) is 0 Å². The number of likely N-dealkylation sites (N-methyl/N-ethyl adjacent to an activating group) is 1. The molecule has 0 unspecified atom stereocenters. The van der Waals surface area contributed by atoms with E-state index in [-0.39, 0.29) is 12.3 Å². The first-order chi connectivity index (χ1) is 13.0. The van der Waals surface area contributed by atoms with Crippen LogP contribution in [0.5, 0.6) is 5.75 Å². The Kier molecular flexibility index (Phi) is 6.27. The lowest BCUT2D eigenvalue weighted by Crippen LogP contribution is -2.19. The van der Waals surface area contributed by atoms with Gasteiger partial charge in [-0.25, -0.2) is 0 Å². The number of hydrogen-bond acceptors (Lipinski definition) is 4. The summed E-state index contributed by atoms with van der Waals surface area (Å²) in [7, 11) is 4.01. The number of nitrogens with one attached hydrogen (secondary N) is 1. The van der Waals surface area contributed by atoms with E-state index < -0.39 is 0 Å². The van der Waals surface area contributed by atoms with Crippen LogP contribution in [0.2, 0.25) is 5.02 Å². The number of hydrogen-bond donors (Lipinski definition) is 1. The minimum absolute atomic E-state index is 0.113. The normalized spacial score (nSPS) is 11.0. The third-order valence-electron chi connectivity index (χ3n) is 4.07. The SMILES string of the molecule is CN(C)CCOc1ccc2c(NC(=O)Cc3cccc(Cl)c3)cncc2c1. The van der Waals surface area contributed by atoms with Crippen molar-refractivity contribution in [2.45, 2.75) is 6.42 Å². The van der Waals surface area contributed by atoms with Crippen molar-refractivity contribution in [2.24, 2.45) is 0 Å². The zero-order valence-corrected chi connectivity index (χ0v) is 16.2. The van der Waals surface area contributed by atoms with Crippen LogP contribution >= 0.6 is 11.6 Å². The van der Waals surface area contributed by atoms with Crippen LogP contribution < -0.4 is 10.1 Å². The van der Waals surface area contributed by atoms with E-state index in [1.165, 1.54) is 0 Å². The third kappa shape index (κ3) is 5.42. The molecule has 0 spiro atoms. The van der Waals surface area contributed by atoms with Crippen LogP contribution in [-0.4, -0.2) is 43.0 Å². The topological polar surface area (TPSA) is 54.5 Å². The van der Waals surface area contributed by atoms with Crippen LogP contribution in [0, 0.1) is 0 Å². The molecule has 0 aliphatic carbocycles. The number of benzene rings is 2. The highest BCUT2D eigenvalue weighted by Gasteiger charge is 2.09. The first-order valence-corrected chi connectivity index (χ1v) is 9.08. The van der Waals surface area contributed by atoms with E-state index in [1.807, 2.05) is 44.4 Å².